The van der Waals surface area contributed by atoms with E-state index in [1.807, 2.05) is 30.6 Å². The van der Waals surface area contributed by atoms with Crippen LogP contribution in [0.15, 0.2) is 59.7 Å². The molecule has 4 rings (SSSR count). The number of hydrogen-bond donors (Lipinski definition) is 2. The van der Waals surface area contributed by atoms with E-state index in [-0.39, 0.29) is 0 Å². The van der Waals surface area contributed by atoms with Crippen LogP contribution in [0.3, 0.4) is 0 Å². The summed E-state index contributed by atoms with van der Waals surface area (Å²) >= 11 is 1.68. The first-order chi connectivity index (χ1) is 11.8. The van der Waals surface area contributed by atoms with E-state index in [0.717, 1.165) is 35.1 Å². The van der Waals surface area contributed by atoms with Crippen LogP contribution < -0.4 is 10.6 Å². The van der Waals surface area contributed by atoms with Crippen LogP contribution in [-0.4, -0.2) is 20.9 Å². The van der Waals surface area contributed by atoms with E-state index in [1.165, 1.54) is 5.56 Å². The molecule has 2 N–H and O–H groups in total. The number of aromatic nitrogens is 3. The van der Waals surface area contributed by atoms with E-state index in [0.29, 0.717) is 0 Å². The number of nitrogens with one attached hydrogen (secondary N) is 2. The number of imidazole rings is 1. The van der Waals surface area contributed by atoms with Crippen molar-refractivity contribution in [3.63, 3.8) is 0 Å². The molecule has 120 valence electrons. The lowest BCUT2D eigenvalue weighted by atomic mass is 10.2. The molecule has 3 aromatic heterocycles. The molecule has 6 heteroatoms. The molecule has 0 aliphatic carbocycles. The Labute approximate surface area is 144 Å². The van der Waals surface area contributed by atoms with E-state index >= 15 is 0 Å². The van der Waals surface area contributed by atoms with Gasteiger partial charge in [0, 0.05) is 41.3 Å². The lowest BCUT2D eigenvalue weighted by molar-refractivity contribution is 1.13. The van der Waals surface area contributed by atoms with E-state index in [9.17, 15) is 0 Å². The smallest absolute Gasteiger partial charge is 0.180 e. The first-order valence-electron chi connectivity index (χ1n) is 7.81. The molecule has 1 aromatic carbocycles. The van der Waals surface area contributed by atoms with Crippen molar-refractivity contribution in [3.05, 3.63) is 59.7 Å². The number of thiophene rings is 1. The minimum absolute atomic E-state index is 0.743. The Hall–Kier alpha value is -2.86. The lowest BCUT2D eigenvalue weighted by Gasteiger charge is -2.09. The highest BCUT2D eigenvalue weighted by molar-refractivity contribution is 7.08. The summed E-state index contributed by atoms with van der Waals surface area (Å²) in [4.78, 5) is 9.02. The van der Waals surface area contributed by atoms with Gasteiger partial charge in [0.05, 0.1) is 11.9 Å². The predicted molar refractivity (Wildman–Crippen MR) is 100 cm³/mol. The second kappa shape index (κ2) is 6.33. The van der Waals surface area contributed by atoms with Gasteiger partial charge in [-0.3, -0.25) is 4.40 Å². The van der Waals surface area contributed by atoms with E-state index in [1.54, 1.807) is 17.5 Å². The van der Waals surface area contributed by atoms with Crippen LogP contribution in [0.1, 0.15) is 6.92 Å². The fraction of sp³-hybridized carbons (Fsp3) is 0.111. The predicted octanol–water partition coefficient (Wildman–Crippen LogP) is 4.63. The van der Waals surface area contributed by atoms with Crippen LogP contribution in [0.25, 0.3) is 16.9 Å². The van der Waals surface area contributed by atoms with Gasteiger partial charge in [-0.2, -0.15) is 11.3 Å². The standard InChI is InChI=1S/C18H17N5S/c1-2-19-14-4-3-5-15(10-14)22-17-18-21-11-16(13-6-9-24-12-13)23(18)8-7-20-17/h3-12,19H,2H2,1H3,(H,20,22). The zero-order valence-electron chi connectivity index (χ0n) is 13.2. The van der Waals surface area contributed by atoms with Gasteiger partial charge in [0.2, 0.25) is 0 Å². The summed E-state index contributed by atoms with van der Waals surface area (Å²) in [5.41, 5.74) is 5.11. The van der Waals surface area contributed by atoms with Crippen molar-refractivity contribution in [1.29, 1.82) is 0 Å². The molecule has 0 atom stereocenters. The maximum atomic E-state index is 4.56. The average Bonchev–Trinajstić information content (AvgIpc) is 3.25. The second-order valence-electron chi connectivity index (χ2n) is 5.36. The molecule has 0 spiro atoms. The highest BCUT2D eigenvalue weighted by Gasteiger charge is 2.10. The summed E-state index contributed by atoms with van der Waals surface area (Å²) in [6.07, 6.45) is 5.62. The van der Waals surface area contributed by atoms with E-state index in [4.69, 9.17) is 0 Å². The number of rotatable bonds is 5. The Kier molecular flexibility index (Phi) is 3.88. The third-order valence-electron chi connectivity index (χ3n) is 3.75. The summed E-state index contributed by atoms with van der Waals surface area (Å²) in [7, 11) is 0. The Morgan fingerprint density at radius 2 is 2.08 bits per heavy atom. The molecule has 5 nitrogen and oxygen atoms in total. The van der Waals surface area contributed by atoms with Crippen LogP contribution >= 0.6 is 11.3 Å². The van der Waals surface area contributed by atoms with Crippen molar-refractivity contribution in [1.82, 2.24) is 14.4 Å². The Bertz CT molecular complexity index is 959. The van der Waals surface area contributed by atoms with Gasteiger partial charge in [0.1, 0.15) is 0 Å². The maximum Gasteiger partial charge on any atom is 0.180 e. The quantitative estimate of drug-likeness (QED) is 0.558. The van der Waals surface area contributed by atoms with Crippen LogP contribution in [0.2, 0.25) is 0 Å². The lowest BCUT2D eigenvalue weighted by Crippen LogP contribution is -2.00. The number of benzene rings is 1. The van der Waals surface area contributed by atoms with Crippen molar-refractivity contribution in [2.45, 2.75) is 6.92 Å². The molecule has 0 saturated heterocycles. The molecule has 3 heterocycles. The molecule has 0 unspecified atom stereocenters. The van der Waals surface area contributed by atoms with E-state index < -0.39 is 0 Å². The molecule has 0 amide bonds. The van der Waals surface area contributed by atoms with Gasteiger partial charge < -0.3 is 10.6 Å². The van der Waals surface area contributed by atoms with Gasteiger partial charge >= 0.3 is 0 Å². The van der Waals surface area contributed by atoms with Gasteiger partial charge in [0.25, 0.3) is 0 Å². The zero-order valence-corrected chi connectivity index (χ0v) is 14.0. The third kappa shape index (κ3) is 2.72. The second-order valence-corrected chi connectivity index (χ2v) is 6.14. The fourth-order valence-electron chi connectivity index (χ4n) is 2.68. The SMILES string of the molecule is CCNc1cccc(Nc2nccn3c(-c4ccsc4)cnc23)c1. The monoisotopic (exact) mass is 335 g/mol. The van der Waals surface area contributed by atoms with Gasteiger partial charge in [-0.15, -0.1) is 0 Å². The molecular weight excluding hydrogens is 318 g/mol. The Morgan fingerprint density at radius 1 is 1.17 bits per heavy atom. The topological polar surface area (TPSA) is 54.2 Å². The minimum Gasteiger partial charge on any atom is -0.385 e. The normalized spacial score (nSPS) is 10.9. The first-order valence-corrected chi connectivity index (χ1v) is 8.75. The van der Waals surface area contributed by atoms with Crippen molar-refractivity contribution >= 4 is 34.2 Å². The summed E-state index contributed by atoms with van der Waals surface area (Å²) in [6.45, 7) is 2.97. The maximum absolute atomic E-state index is 4.56. The van der Waals surface area contributed by atoms with Crippen LogP contribution in [-0.2, 0) is 0 Å². The summed E-state index contributed by atoms with van der Waals surface area (Å²) in [5.74, 6) is 0.743. The molecule has 0 aliphatic heterocycles. The van der Waals surface area contributed by atoms with Crippen LogP contribution in [0.4, 0.5) is 17.2 Å². The van der Waals surface area contributed by atoms with E-state index in [2.05, 4.69) is 54.8 Å². The van der Waals surface area contributed by atoms with Crippen LogP contribution in [0, 0.1) is 0 Å². The minimum atomic E-state index is 0.743. The Balaban J connectivity index is 1.71. The molecule has 0 fully saturated rings. The van der Waals surface area contributed by atoms with Crippen molar-refractivity contribution in [3.8, 4) is 11.3 Å². The number of nitrogens with zero attached hydrogens (tertiary/aromatic N) is 3. The summed E-state index contributed by atoms with van der Waals surface area (Å²) in [6, 6.07) is 10.3. The molecule has 0 bridgehead atoms. The highest BCUT2D eigenvalue weighted by Crippen LogP contribution is 2.27. The largest absolute Gasteiger partial charge is 0.385 e. The fourth-order valence-corrected chi connectivity index (χ4v) is 3.33. The van der Waals surface area contributed by atoms with Gasteiger partial charge in [-0.25, -0.2) is 9.97 Å². The van der Waals surface area contributed by atoms with Gasteiger partial charge in [0.15, 0.2) is 11.5 Å². The molecule has 4 aromatic rings. The highest BCUT2D eigenvalue weighted by atomic mass is 32.1. The molecule has 0 aliphatic rings. The Morgan fingerprint density at radius 3 is 2.92 bits per heavy atom. The van der Waals surface area contributed by atoms with Crippen molar-refractivity contribution in [2.24, 2.45) is 0 Å². The molecule has 24 heavy (non-hydrogen) atoms. The molecule has 0 radical (unpaired) electrons. The molecular formula is C18H17N5S. The summed E-state index contributed by atoms with van der Waals surface area (Å²) < 4.78 is 2.06. The van der Waals surface area contributed by atoms with Gasteiger partial charge in [-0.05, 0) is 36.6 Å². The summed E-state index contributed by atoms with van der Waals surface area (Å²) in [5, 5.41) is 10.9. The van der Waals surface area contributed by atoms with Crippen molar-refractivity contribution in [2.75, 3.05) is 17.2 Å². The average molecular weight is 335 g/mol. The van der Waals surface area contributed by atoms with Crippen molar-refractivity contribution < 1.29 is 0 Å². The number of hydrogen-bond acceptors (Lipinski definition) is 5. The number of fused-ring (bicyclic) bond motifs is 1. The number of anilines is 3. The zero-order chi connectivity index (χ0) is 16.4. The van der Waals surface area contributed by atoms with Gasteiger partial charge in [-0.1, -0.05) is 6.07 Å². The third-order valence-corrected chi connectivity index (χ3v) is 4.43. The molecule has 0 saturated carbocycles. The van der Waals surface area contributed by atoms with Crippen LogP contribution in [0.5, 0.6) is 0 Å². The first kappa shape index (κ1) is 14.7.